The van der Waals surface area contributed by atoms with Crippen molar-refractivity contribution in [1.82, 2.24) is 0 Å². The number of benzene rings is 1. The van der Waals surface area contributed by atoms with Crippen LogP contribution in [0.4, 0.5) is 11.4 Å². The Morgan fingerprint density at radius 1 is 1.04 bits per heavy atom. The molecule has 1 aromatic carbocycles. The van der Waals surface area contributed by atoms with Crippen LogP contribution in [0.15, 0.2) is 36.4 Å². The fourth-order valence-corrected chi connectivity index (χ4v) is 2.21. The molecule has 0 aliphatic heterocycles. The highest BCUT2D eigenvalue weighted by Crippen LogP contribution is 2.32. The molecule has 0 fully saturated rings. The molecule has 0 spiro atoms. The third-order valence-electron chi connectivity index (χ3n) is 3.56. The lowest BCUT2D eigenvalue weighted by atomic mass is 9.84. The Morgan fingerprint density at radius 3 is 1.89 bits per heavy atom. The minimum absolute atomic E-state index is 0.0323. The zero-order valence-corrected chi connectivity index (χ0v) is 16.9. The molecule has 0 bridgehead atoms. The second-order valence-corrected chi connectivity index (χ2v) is 7.06. The lowest BCUT2D eigenvalue weighted by Crippen LogP contribution is -2.16. The summed E-state index contributed by atoms with van der Waals surface area (Å²) in [6, 6.07) is 3.91. The standard InChI is InChI=1S/C13H20N2O.C6H6N2.C2H6O/c1-13(2,3)10-7-9(5-4-6-16)8-11(14)12(10)15;7-5-3-1-2-4-6(5)8;1-3-2/h6-8H,4-5,14-15H2,1-3H3;1-4,7-8H;1-2H3. The smallest absolute Gasteiger partial charge is 0.120 e. The average molecular weight is 373 g/mol. The van der Waals surface area contributed by atoms with Crippen LogP contribution < -0.4 is 11.5 Å². The van der Waals surface area contributed by atoms with Gasteiger partial charge in [0, 0.05) is 20.6 Å². The highest BCUT2D eigenvalue weighted by molar-refractivity contribution is 6.48. The number of aryl methyl sites for hydroxylation is 1. The van der Waals surface area contributed by atoms with Crippen molar-refractivity contribution < 1.29 is 9.53 Å². The molecule has 0 heterocycles. The number of allylic oxidation sites excluding steroid dienone is 4. The monoisotopic (exact) mass is 372 g/mol. The second-order valence-electron chi connectivity index (χ2n) is 7.06. The van der Waals surface area contributed by atoms with Crippen LogP contribution >= 0.6 is 0 Å². The van der Waals surface area contributed by atoms with Crippen LogP contribution in [-0.2, 0) is 21.4 Å². The first kappa shape index (κ1) is 24.3. The molecule has 2 rings (SSSR count). The van der Waals surface area contributed by atoms with E-state index in [1.54, 1.807) is 38.5 Å². The first-order valence-corrected chi connectivity index (χ1v) is 8.62. The molecule has 0 radical (unpaired) electrons. The molecule has 0 aromatic heterocycles. The van der Waals surface area contributed by atoms with Gasteiger partial charge in [0.2, 0.25) is 0 Å². The van der Waals surface area contributed by atoms with E-state index in [0.29, 0.717) is 17.8 Å². The van der Waals surface area contributed by atoms with Gasteiger partial charge in [-0.1, -0.05) is 39.0 Å². The van der Waals surface area contributed by atoms with Crippen LogP contribution in [0.3, 0.4) is 0 Å². The third-order valence-corrected chi connectivity index (χ3v) is 3.56. The van der Waals surface area contributed by atoms with Crippen LogP contribution in [0.1, 0.15) is 38.3 Å². The lowest BCUT2D eigenvalue weighted by Gasteiger charge is -2.23. The number of anilines is 2. The van der Waals surface area contributed by atoms with E-state index in [2.05, 4.69) is 31.6 Å². The number of aldehydes is 1. The Kier molecular flexibility index (Phi) is 10.6. The van der Waals surface area contributed by atoms with Crippen molar-refractivity contribution in [2.75, 3.05) is 25.7 Å². The third kappa shape index (κ3) is 8.96. The van der Waals surface area contributed by atoms with Gasteiger partial charge in [-0.05, 0) is 41.2 Å². The van der Waals surface area contributed by atoms with E-state index in [4.69, 9.17) is 22.3 Å². The number of ether oxygens (including phenoxy) is 1. The zero-order chi connectivity index (χ0) is 21.0. The minimum Gasteiger partial charge on any atom is -0.397 e. The highest BCUT2D eigenvalue weighted by atomic mass is 16.4. The molecule has 0 atom stereocenters. The van der Waals surface area contributed by atoms with Crippen LogP contribution in [0.5, 0.6) is 0 Å². The topological polar surface area (TPSA) is 126 Å². The van der Waals surface area contributed by atoms with Crippen LogP contribution in [0, 0.1) is 10.8 Å². The van der Waals surface area contributed by atoms with Crippen molar-refractivity contribution >= 4 is 29.1 Å². The Balaban J connectivity index is 0.000000509. The van der Waals surface area contributed by atoms with Gasteiger partial charge in [-0.15, -0.1) is 0 Å². The maximum Gasteiger partial charge on any atom is 0.120 e. The van der Waals surface area contributed by atoms with Crippen LogP contribution in [0.2, 0.25) is 0 Å². The van der Waals surface area contributed by atoms with Gasteiger partial charge in [-0.3, -0.25) is 10.8 Å². The molecular weight excluding hydrogens is 340 g/mol. The van der Waals surface area contributed by atoms with Gasteiger partial charge in [0.25, 0.3) is 0 Å². The second kappa shape index (κ2) is 11.8. The zero-order valence-electron chi connectivity index (χ0n) is 16.9. The molecule has 6 nitrogen and oxygen atoms in total. The Bertz CT molecular complexity index is 692. The summed E-state index contributed by atoms with van der Waals surface area (Å²) in [7, 11) is 3.25. The number of nitrogen functional groups attached to an aromatic ring is 2. The Hall–Kier alpha value is -2.73. The summed E-state index contributed by atoms with van der Waals surface area (Å²) in [6.07, 6.45) is 8.86. The molecule has 1 aromatic rings. The maximum atomic E-state index is 10.4. The Morgan fingerprint density at radius 2 is 1.52 bits per heavy atom. The van der Waals surface area contributed by atoms with Crippen LogP contribution in [-0.4, -0.2) is 31.9 Å². The molecule has 0 amide bonds. The van der Waals surface area contributed by atoms with E-state index >= 15 is 0 Å². The largest absolute Gasteiger partial charge is 0.397 e. The molecule has 1 aliphatic rings. The lowest BCUT2D eigenvalue weighted by molar-refractivity contribution is -0.107. The first-order valence-electron chi connectivity index (χ1n) is 8.62. The van der Waals surface area contributed by atoms with E-state index in [-0.39, 0.29) is 16.8 Å². The van der Waals surface area contributed by atoms with E-state index in [1.807, 2.05) is 6.07 Å². The molecule has 6 N–H and O–H groups in total. The average Bonchev–Trinajstić information content (AvgIpc) is 2.58. The molecule has 148 valence electrons. The van der Waals surface area contributed by atoms with Gasteiger partial charge in [0.15, 0.2) is 0 Å². The van der Waals surface area contributed by atoms with Crippen molar-refractivity contribution in [3.8, 4) is 0 Å². The SMILES string of the molecule is CC(C)(C)c1cc(CCC=O)cc(N)c1N.COC.N=C1C=CC=CC1=N. The van der Waals surface area contributed by atoms with Gasteiger partial charge in [0.05, 0.1) is 22.8 Å². The summed E-state index contributed by atoms with van der Waals surface area (Å²) in [5, 5.41) is 14.1. The summed E-state index contributed by atoms with van der Waals surface area (Å²) in [4.78, 5) is 10.4. The molecule has 0 saturated heterocycles. The van der Waals surface area contributed by atoms with Crippen molar-refractivity contribution in [2.45, 2.75) is 39.0 Å². The number of hydrogen-bond donors (Lipinski definition) is 4. The summed E-state index contributed by atoms with van der Waals surface area (Å²) in [6.45, 7) is 6.30. The predicted octanol–water partition coefficient (Wildman–Crippen LogP) is 3.69. The predicted molar refractivity (Wildman–Crippen MR) is 115 cm³/mol. The molecule has 6 heteroatoms. The van der Waals surface area contributed by atoms with Crippen molar-refractivity contribution in [1.29, 1.82) is 10.8 Å². The summed E-state index contributed by atoms with van der Waals surface area (Å²) in [5.41, 5.74) is 15.8. The van der Waals surface area contributed by atoms with Gasteiger partial charge < -0.3 is 21.0 Å². The number of rotatable bonds is 3. The first-order chi connectivity index (χ1) is 12.6. The van der Waals surface area contributed by atoms with E-state index in [9.17, 15) is 4.79 Å². The number of hydrogen-bond acceptors (Lipinski definition) is 6. The fraction of sp³-hybridized carbons (Fsp3) is 0.381. The van der Waals surface area contributed by atoms with Gasteiger partial charge in [-0.2, -0.15) is 0 Å². The highest BCUT2D eigenvalue weighted by Gasteiger charge is 2.19. The summed E-state index contributed by atoms with van der Waals surface area (Å²) in [5.74, 6) is 0. The van der Waals surface area contributed by atoms with Crippen molar-refractivity contribution in [2.24, 2.45) is 0 Å². The number of nitrogens with two attached hydrogens (primary N) is 2. The van der Waals surface area contributed by atoms with Crippen molar-refractivity contribution in [3.05, 3.63) is 47.6 Å². The van der Waals surface area contributed by atoms with Gasteiger partial charge in [0.1, 0.15) is 6.29 Å². The number of nitrogens with one attached hydrogen (secondary N) is 2. The van der Waals surface area contributed by atoms with E-state index in [0.717, 1.165) is 23.8 Å². The van der Waals surface area contributed by atoms with Gasteiger partial charge in [-0.25, -0.2) is 0 Å². The summed E-state index contributed by atoms with van der Waals surface area (Å²) < 4.78 is 4.25. The minimum atomic E-state index is -0.0323. The normalized spacial score (nSPS) is 12.6. The molecular formula is C21H32N4O2. The maximum absolute atomic E-state index is 10.4. The number of methoxy groups -OCH3 is 1. The Labute approximate surface area is 162 Å². The molecule has 1 aliphatic carbocycles. The fourth-order valence-electron chi connectivity index (χ4n) is 2.21. The van der Waals surface area contributed by atoms with Crippen molar-refractivity contribution in [3.63, 3.8) is 0 Å². The molecule has 27 heavy (non-hydrogen) atoms. The summed E-state index contributed by atoms with van der Waals surface area (Å²) >= 11 is 0. The number of carbonyl (C=O) groups excluding carboxylic acids is 1. The number of carbonyl (C=O) groups is 1. The molecule has 0 saturated carbocycles. The van der Waals surface area contributed by atoms with Gasteiger partial charge >= 0.3 is 0 Å². The molecule has 0 unspecified atom stereocenters. The van der Waals surface area contributed by atoms with E-state index in [1.165, 1.54) is 0 Å². The van der Waals surface area contributed by atoms with Crippen LogP contribution in [0.25, 0.3) is 0 Å². The quantitative estimate of drug-likeness (QED) is 0.366. The van der Waals surface area contributed by atoms with E-state index < -0.39 is 0 Å².